The van der Waals surface area contributed by atoms with Gasteiger partial charge >= 0.3 is 0 Å². The number of nitrogen functional groups attached to an aromatic ring is 1. The molecule has 0 bridgehead atoms. The summed E-state index contributed by atoms with van der Waals surface area (Å²) in [5, 5.41) is 12.2. The number of hydrogen-bond donors (Lipinski definition) is 2. The van der Waals surface area contributed by atoms with E-state index >= 15 is 0 Å². The molecule has 3 aromatic rings. The highest BCUT2D eigenvalue weighted by Crippen LogP contribution is 2.23. The molecule has 6 heteroatoms. The number of aromatic amines is 1. The maximum Gasteiger partial charge on any atom is 0.188 e. The van der Waals surface area contributed by atoms with Crippen LogP contribution in [0.2, 0.25) is 0 Å². The van der Waals surface area contributed by atoms with Gasteiger partial charge in [0.25, 0.3) is 0 Å². The molecule has 0 radical (unpaired) electrons. The number of aryl methyl sites for hydroxylation is 2. The molecule has 0 aliphatic rings. The van der Waals surface area contributed by atoms with Crippen LogP contribution < -0.4 is 5.73 Å². The number of pyridine rings is 1. The lowest BCUT2D eigenvalue weighted by Gasteiger charge is -2.00. The summed E-state index contributed by atoms with van der Waals surface area (Å²) in [6, 6.07) is 3.90. The monoisotopic (exact) mass is 228 g/mol. The number of H-pyrrole nitrogens is 1. The van der Waals surface area contributed by atoms with E-state index in [0.717, 1.165) is 22.5 Å². The SMILES string of the molecule is Cc1ccnc(-n2nc(C)c3c(N)[nH]nc32)c1. The van der Waals surface area contributed by atoms with Crippen molar-refractivity contribution in [3.8, 4) is 5.82 Å². The van der Waals surface area contributed by atoms with Crippen LogP contribution >= 0.6 is 0 Å². The highest BCUT2D eigenvalue weighted by molar-refractivity contribution is 5.89. The minimum absolute atomic E-state index is 0.538. The number of nitrogens with one attached hydrogen (secondary N) is 1. The quantitative estimate of drug-likeness (QED) is 0.658. The molecule has 3 N–H and O–H groups in total. The van der Waals surface area contributed by atoms with Gasteiger partial charge in [-0.25, -0.2) is 4.98 Å². The summed E-state index contributed by atoms with van der Waals surface area (Å²) in [6.45, 7) is 3.91. The Balaban J connectivity index is 2.31. The third kappa shape index (κ3) is 1.37. The summed E-state index contributed by atoms with van der Waals surface area (Å²) in [5.74, 6) is 1.28. The van der Waals surface area contributed by atoms with Gasteiger partial charge in [-0.2, -0.15) is 14.9 Å². The number of aromatic nitrogens is 5. The Morgan fingerprint density at radius 2 is 2.18 bits per heavy atom. The predicted octanol–water partition coefficient (Wildman–Crippen LogP) is 1.34. The number of hydrogen-bond acceptors (Lipinski definition) is 4. The Bertz CT molecular complexity index is 693. The van der Waals surface area contributed by atoms with Crippen LogP contribution in [0.5, 0.6) is 0 Å². The Morgan fingerprint density at radius 1 is 1.35 bits per heavy atom. The van der Waals surface area contributed by atoms with Gasteiger partial charge in [-0.05, 0) is 31.5 Å². The lowest BCUT2D eigenvalue weighted by atomic mass is 10.3. The van der Waals surface area contributed by atoms with Crippen LogP contribution in [-0.4, -0.2) is 25.0 Å². The maximum absolute atomic E-state index is 5.81. The molecule has 0 saturated carbocycles. The summed E-state index contributed by atoms with van der Waals surface area (Å²) < 4.78 is 1.70. The topological polar surface area (TPSA) is 85.4 Å². The fourth-order valence-corrected chi connectivity index (χ4v) is 1.90. The summed E-state index contributed by atoms with van der Waals surface area (Å²) >= 11 is 0. The first-order valence-corrected chi connectivity index (χ1v) is 5.29. The number of nitrogens with two attached hydrogens (primary N) is 1. The summed E-state index contributed by atoms with van der Waals surface area (Å²) in [6.07, 6.45) is 1.75. The predicted molar refractivity (Wildman–Crippen MR) is 64.9 cm³/mol. The zero-order chi connectivity index (χ0) is 12.0. The molecule has 0 aromatic carbocycles. The molecule has 0 aliphatic heterocycles. The van der Waals surface area contributed by atoms with Gasteiger partial charge in [-0.15, -0.1) is 0 Å². The van der Waals surface area contributed by atoms with Crippen LogP contribution in [0.1, 0.15) is 11.3 Å². The molecule has 0 fully saturated rings. The molecule has 3 rings (SSSR count). The fourth-order valence-electron chi connectivity index (χ4n) is 1.90. The molecular formula is C11H12N6. The second-order valence-corrected chi connectivity index (χ2v) is 4.02. The maximum atomic E-state index is 5.81. The molecule has 0 amide bonds. The largest absolute Gasteiger partial charge is 0.383 e. The molecule has 3 aromatic heterocycles. The van der Waals surface area contributed by atoms with E-state index in [1.165, 1.54) is 0 Å². The number of fused-ring (bicyclic) bond motifs is 1. The van der Waals surface area contributed by atoms with Gasteiger partial charge in [0.05, 0.1) is 11.1 Å². The van der Waals surface area contributed by atoms with Gasteiger partial charge in [0.2, 0.25) is 0 Å². The van der Waals surface area contributed by atoms with Gasteiger partial charge in [0.1, 0.15) is 5.82 Å². The zero-order valence-electron chi connectivity index (χ0n) is 9.60. The lowest BCUT2D eigenvalue weighted by Crippen LogP contribution is -2.00. The van der Waals surface area contributed by atoms with Crippen molar-refractivity contribution in [1.82, 2.24) is 25.0 Å². The first-order valence-electron chi connectivity index (χ1n) is 5.29. The smallest absolute Gasteiger partial charge is 0.188 e. The second-order valence-electron chi connectivity index (χ2n) is 4.02. The van der Waals surface area contributed by atoms with Crippen molar-refractivity contribution in [3.63, 3.8) is 0 Å². The summed E-state index contributed by atoms with van der Waals surface area (Å²) in [4.78, 5) is 4.29. The van der Waals surface area contributed by atoms with Gasteiger partial charge in [0.15, 0.2) is 11.5 Å². The van der Waals surface area contributed by atoms with Crippen LogP contribution in [0.15, 0.2) is 18.3 Å². The van der Waals surface area contributed by atoms with Gasteiger partial charge in [0, 0.05) is 6.20 Å². The van der Waals surface area contributed by atoms with E-state index in [1.54, 1.807) is 10.9 Å². The van der Waals surface area contributed by atoms with Crippen LogP contribution in [0.3, 0.4) is 0 Å². The third-order valence-electron chi connectivity index (χ3n) is 2.71. The minimum atomic E-state index is 0.538. The lowest BCUT2D eigenvalue weighted by molar-refractivity contribution is 0.836. The van der Waals surface area contributed by atoms with E-state index in [9.17, 15) is 0 Å². The molecular weight excluding hydrogens is 216 g/mol. The summed E-state index contributed by atoms with van der Waals surface area (Å²) in [7, 11) is 0. The van der Waals surface area contributed by atoms with E-state index in [1.807, 2.05) is 26.0 Å². The van der Waals surface area contributed by atoms with Crippen molar-refractivity contribution in [2.24, 2.45) is 0 Å². The Kier molecular flexibility index (Phi) is 1.91. The van der Waals surface area contributed by atoms with Crippen LogP contribution in [0, 0.1) is 13.8 Å². The minimum Gasteiger partial charge on any atom is -0.383 e. The van der Waals surface area contributed by atoms with E-state index in [-0.39, 0.29) is 0 Å². The van der Waals surface area contributed by atoms with Crippen molar-refractivity contribution >= 4 is 16.9 Å². The molecule has 6 nitrogen and oxygen atoms in total. The first-order chi connectivity index (χ1) is 8.16. The molecule has 0 spiro atoms. The third-order valence-corrected chi connectivity index (χ3v) is 2.71. The molecule has 17 heavy (non-hydrogen) atoms. The van der Waals surface area contributed by atoms with Crippen molar-refractivity contribution in [3.05, 3.63) is 29.6 Å². The Morgan fingerprint density at radius 3 is 2.94 bits per heavy atom. The van der Waals surface area contributed by atoms with Gasteiger partial charge in [-0.3, -0.25) is 5.10 Å². The van der Waals surface area contributed by atoms with Crippen molar-refractivity contribution < 1.29 is 0 Å². The molecule has 0 saturated heterocycles. The van der Waals surface area contributed by atoms with Gasteiger partial charge in [-0.1, -0.05) is 0 Å². The Labute approximate surface area is 97.5 Å². The number of rotatable bonds is 1. The van der Waals surface area contributed by atoms with Crippen molar-refractivity contribution in [2.75, 3.05) is 5.73 Å². The normalized spacial score (nSPS) is 11.2. The van der Waals surface area contributed by atoms with Crippen LogP contribution in [-0.2, 0) is 0 Å². The average Bonchev–Trinajstić information content (AvgIpc) is 2.82. The molecule has 0 unspecified atom stereocenters. The fraction of sp³-hybridized carbons (Fsp3) is 0.182. The van der Waals surface area contributed by atoms with E-state index in [4.69, 9.17) is 5.73 Å². The first kappa shape index (κ1) is 9.83. The molecule has 0 aliphatic carbocycles. The van der Waals surface area contributed by atoms with Crippen molar-refractivity contribution in [2.45, 2.75) is 13.8 Å². The standard InChI is InChI=1S/C11H12N6/c1-6-3-4-13-8(5-6)17-11-9(7(2)16-17)10(12)14-15-11/h3-5H,1-2H3,(H3,12,14,15). The average molecular weight is 228 g/mol. The number of nitrogens with zero attached hydrogens (tertiary/aromatic N) is 4. The highest BCUT2D eigenvalue weighted by atomic mass is 15.4. The van der Waals surface area contributed by atoms with Gasteiger partial charge < -0.3 is 5.73 Å². The highest BCUT2D eigenvalue weighted by Gasteiger charge is 2.15. The van der Waals surface area contributed by atoms with Crippen LogP contribution in [0.4, 0.5) is 5.82 Å². The molecule has 86 valence electrons. The summed E-state index contributed by atoms with van der Waals surface area (Å²) in [5.41, 5.74) is 8.48. The number of anilines is 1. The molecule has 0 atom stereocenters. The Hall–Kier alpha value is -2.37. The van der Waals surface area contributed by atoms with Crippen LogP contribution in [0.25, 0.3) is 16.9 Å². The van der Waals surface area contributed by atoms with E-state index < -0.39 is 0 Å². The zero-order valence-corrected chi connectivity index (χ0v) is 9.60. The molecule has 3 heterocycles. The van der Waals surface area contributed by atoms with E-state index in [2.05, 4.69) is 20.3 Å². The van der Waals surface area contributed by atoms with Crippen molar-refractivity contribution in [1.29, 1.82) is 0 Å². The van der Waals surface area contributed by atoms with E-state index in [0.29, 0.717) is 11.5 Å². The second kappa shape index (κ2) is 3.31.